The molecule has 1 aromatic heterocycles. The lowest BCUT2D eigenvalue weighted by Gasteiger charge is -2.19. The van der Waals surface area contributed by atoms with Crippen molar-refractivity contribution < 1.29 is 97.9 Å². The van der Waals surface area contributed by atoms with Gasteiger partial charge in [-0.05, 0) is 63.1 Å². The Bertz CT molecular complexity index is 3060. The fourth-order valence-corrected chi connectivity index (χ4v) is 10.1. The maximum Gasteiger partial charge on any atom is 0.490 e. The minimum Gasteiger partial charge on any atom is -1.00 e. The molecule has 12 N–H and O–H groups in total. The van der Waals surface area contributed by atoms with Crippen molar-refractivity contribution in [1.29, 1.82) is 0 Å². The number of nitrogens with zero attached hydrogens (tertiary/aromatic N) is 2. The lowest BCUT2D eigenvalue weighted by Crippen LogP contribution is -3.00. The van der Waals surface area contributed by atoms with E-state index in [4.69, 9.17) is 24.7 Å². The van der Waals surface area contributed by atoms with Gasteiger partial charge in [-0.3, -0.25) is 13.9 Å². The number of fused-ring (bicyclic) bond motifs is 2. The third kappa shape index (κ3) is 12.2. The number of carbonyl (C=O) groups is 2. The van der Waals surface area contributed by atoms with Crippen LogP contribution in [0, 0.1) is 25.7 Å². The molecule has 6 atom stereocenters. The zero-order valence-corrected chi connectivity index (χ0v) is 39.0. The molecule has 1 saturated heterocycles. The second-order valence-corrected chi connectivity index (χ2v) is 19.0. The molecule has 3 heterocycles. The summed E-state index contributed by atoms with van der Waals surface area (Å²) in [5, 5.41) is 39.1. The van der Waals surface area contributed by atoms with Gasteiger partial charge in [-0.1, -0.05) is 17.9 Å². The molecule has 0 spiro atoms. The van der Waals surface area contributed by atoms with Crippen molar-refractivity contribution in [2.24, 2.45) is 0 Å². The summed E-state index contributed by atoms with van der Waals surface area (Å²) in [5.74, 6) is 3.37. The van der Waals surface area contributed by atoms with Crippen LogP contribution in [0.4, 0.5) is 11.5 Å². The number of aliphatic hydroxyl groups excluding tert-OH is 2. The molecule has 360 valence electrons. The van der Waals surface area contributed by atoms with Gasteiger partial charge in [0.05, 0.1) is 30.3 Å². The fraction of sp³-hybridized carbons (Fsp3) is 0.308. The summed E-state index contributed by atoms with van der Waals surface area (Å²) < 4.78 is 58.9. The van der Waals surface area contributed by atoms with Crippen LogP contribution in [0.1, 0.15) is 57.5 Å². The number of carboxylic acid groups (broad SMARTS) is 1. The molecule has 28 heteroatoms. The van der Waals surface area contributed by atoms with Crippen molar-refractivity contribution in [3.8, 4) is 34.3 Å². The first-order chi connectivity index (χ1) is 30.9. The van der Waals surface area contributed by atoms with Gasteiger partial charge in [0.1, 0.15) is 42.0 Å². The van der Waals surface area contributed by atoms with Crippen LogP contribution in [0.5, 0.6) is 0 Å². The van der Waals surface area contributed by atoms with Gasteiger partial charge in [-0.2, -0.15) is 13.6 Å². The van der Waals surface area contributed by atoms with Crippen LogP contribution in [0.2, 0.25) is 0 Å². The Kier molecular flexibility index (Phi) is 16.4. The third-order valence-electron chi connectivity index (χ3n) is 9.90. The van der Waals surface area contributed by atoms with Gasteiger partial charge in [0.25, 0.3) is 5.91 Å². The predicted octanol–water partition coefficient (Wildman–Crippen LogP) is -2.16. The quantitative estimate of drug-likeness (QED) is 0.0302. The molecule has 2 unspecified atom stereocenters. The van der Waals surface area contributed by atoms with E-state index in [-0.39, 0.29) is 41.5 Å². The van der Waals surface area contributed by atoms with Crippen molar-refractivity contribution in [2.75, 3.05) is 37.3 Å². The van der Waals surface area contributed by atoms with Crippen LogP contribution in [-0.2, 0) is 31.6 Å². The lowest BCUT2D eigenvalue weighted by atomic mass is 9.88. The number of nitrogens with one attached hydrogen (secondary N) is 3. The van der Waals surface area contributed by atoms with Gasteiger partial charge in [-0.25, -0.2) is 28.3 Å². The summed E-state index contributed by atoms with van der Waals surface area (Å²) in [6.45, 7) is 7.63. The molecule has 2 aromatic carbocycles. The Morgan fingerprint density at radius 2 is 1.69 bits per heavy atom. The average molecular weight is 1010 g/mol. The number of aryl methyl sites for hydroxylation is 2. The first kappa shape index (κ1) is 52.7. The zero-order chi connectivity index (χ0) is 48.5. The number of rotatable bonds is 15. The zero-order valence-electron chi connectivity index (χ0n) is 35.6. The Morgan fingerprint density at radius 3 is 2.34 bits per heavy atom. The number of anilines is 2. The highest BCUT2D eigenvalue weighted by Gasteiger charge is 2.47. The summed E-state index contributed by atoms with van der Waals surface area (Å²) in [6, 6.07) is 11.9. The van der Waals surface area contributed by atoms with Crippen LogP contribution < -0.4 is 44.8 Å². The van der Waals surface area contributed by atoms with Crippen LogP contribution in [0.15, 0.2) is 57.9 Å². The first-order valence-electron chi connectivity index (χ1n) is 19.6. The number of halogens is 1. The monoisotopic (exact) mass is 1010 g/mol. The Labute approximate surface area is 385 Å². The Morgan fingerprint density at radius 1 is 0.970 bits per heavy atom. The molecule has 3 aliphatic rings. The van der Waals surface area contributed by atoms with Gasteiger partial charge < -0.3 is 72.8 Å². The molecule has 24 nitrogen and oxygen atoms in total. The van der Waals surface area contributed by atoms with Gasteiger partial charge in [0, 0.05) is 52.1 Å². The summed E-state index contributed by atoms with van der Waals surface area (Å²) >= 11 is 0. The second kappa shape index (κ2) is 20.9. The molecular weight excluding hydrogens is 969 g/mol. The summed E-state index contributed by atoms with van der Waals surface area (Å²) in [7, 11) is -17.2. The molecule has 1 fully saturated rings. The standard InChI is InChI=1S/C39H43N6O18P3.ClH/c1-5-41-27-15-29-25(12-19(27)3)32(26-13-20(4)28(42-6-2)16-30(26)60-29)23-10-9-21(14-24(23)38(49)50)36(48)43-11-7-8-22-17-45(39(51)44-35(22)40)37-34(47)33(46)31(61-37)18-59-65(55,56)63-66(57,58)62-64(52,53)54;/h9-10,12-17,31,33-34,37,41,46-47H,5-6,11,18H2,1-4H3,(H,43,48)(H,49,50)(H,55,56)(H,57,58)(H2,40,44,51)(H2,52,53,54);1H/t31-,33-,34-,37-;/m1./s1. The second-order valence-electron chi connectivity index (χ2n) is 14.6. The maximum absolute atomic E-state index is 13.4. The van der Waals surface area contributed by atoms with Crippen molar-refractivity contribution >= 4 is 57.8 Å². The molecular formula is C39H44ClN6O18P3. The van der Waals surface area contributed by atoms with E-state index in [1.807, 2.05) is 52.0 Å². The number of aromatic nitrogens is 2. The van der Waals surface area contributed by atoms with E-state index in [1.54, 1.807) is 6.07 Å². The van der Waals surface area contributed by atoms with Crippen LogP contribution in [0.25, 0.3) is 33.4 Å². The Balaban J connectivity index is 0.00000840. The summed E-state index contributed by atoms with van der Waals surface area (Å²) in [6.07, 6.45) is -6.34. The van der Waals surface area contributed by atoms with E-state index in [0.717, 1.165) is 28.4 Å². The highest BCUT2D eigenvalue weighted by molar-refractivity contribution is 7.66. The number of phosphoric acid groups is 3. The first-order valence-corrected chi connectivity index (χ1v) is 24.1. The predicted molar refractivity (Wildman–Crippen MR) is 231 cm³/mol. The van der Waals surface area contributed by atoms with E-state index in [1.165, 1.54) is 12.1 Å². The van der Waals surface area contributed by atoms with Crippen molar-refractivity contribution in [2.45, 2.75) is 52.2 Å². The molecule has 3 aromatic rings. The number of amides is 1. The topological polar surface area (TPSA) is 376 Å². The molecule has 1 aliphatic carbocycles. The van der Waals surface area contributed by atoms with Crippen LogP contribution >= 0.6 is 23.5 Å². The van der Waals surface area contributed by atoms with Gasteiger partial charge in [0.15, 0.2) is 6.23 Å². The van der Waals surface area contributed by atoms with Crippen molar-refractivity contribution in [3.63, 3.8) is 0 Å². The van der Waals surface area contributed by atoms with E-state index in [2.05, 4.69) is 45.6 Å². The van der Waals surface area contributed by atoms with Crippen molar-refractivity contribution in [3.05, 3.63) is 92.3 Å². The number of phosphoric ester groups is 1. The number of aromatic carboxylic acids is 1. The molecule has 6 rings (SSSR count). The van der Waals surface area contributed by atoms with Gasteiger partial charge >= 0.3 is 35.1 Å². The van der Waals surface area contributed by atoms with E-state index < -0.39 is 72.2 Å². The van der Waals surface area contributed by atoms with Crippen LogP contribution in [0.3, 0.4) is 0 Å². The number of hydrogen-bond acceptors (Lipinski definition) is 16. The number of carboxylic acids is 1. The molecule has 2 aliphatic heterocycles. The normalized spacial score (nSPS) is 19.2. The highest BCUT2D eigenvalue weighted by atomic mass is 35.5. The number of ether oxygens (including phenoxy) is 1. The van der Waals surface area contributed by atoms with E-state index in [0.29, 0.717) is 51.1 Å². The SMILES string of the molecule is CCNc1cc2oc3cc(=[NH+]CC)c(C)cc-3c(-c3ccc(C(=O)NCC#Cc4cn([C@@H]5O[C@H](COP(=O)(O)OP(=O)(O)OP(=O)(O)O)[C@@H](O)[C@H]5O)c(=O)nc4N)cc3C(=O)O)c2cc1C.[Cl-]. The van der Waals surface area contributed by atoms with Gasteiger partial charge in [0.2, 0.25) is 5.36 Å². The Hall–Kier alpha value is -5.31. The van der Waals surface area contributed by atoms with Crippen LogP contribution in [-0.4, -0.2) is 101 Å². The van der Waals surface area contributed by atoms with Gasteiger partial charge in [-0.15, -0.1) is 0 Å². The number of carbonyl (C=O) groups excluding carboxylic acids is 1. The van der Waals surface area contributed by atoms with E-state index >= 15 is 0 Å². The third-order valence-corrected chi connectivity index (χ3v) is 13.7. The molecule has 67 heavy (non-hydrogen) atoms. The molecule has 0 radical (unpaired) electrons. The van der Waals surface area contributed by atoms with E-state index in [9.17, 15) is 53.2 Å². The summed E-state index contributed by atoms with van der Waals surface area (Å²) in [5.41, 5.74) is 9.23. The molecule has 0 saturated carbocycles. The number of nitrogen functional groups attached to an aromatic ring is 1. The molecule has 1 amide bonds. The lowest BCUT2D eigenvalue weighted by molar-refractivity contribution is -0.496. The number of benzene rings is 3. The highest BCUT2D eigenvalue weighted by Crippen LogP contribution is 2.66. The number of nitrogens with two attached hydrogens (primary N) is 1. The largest absolute Gasteiger partial charge is 1.00 e. The average Bonchev–Trinajstić information content (AvgIpc) is 3.49. The number of hydrogen-bond donors (Lipinski definition) is 11. The fourth-order valence-electron chi connectivity index (χ4n) is 7.03. The number of aliphatic hydroxyl groups is 2. The van der Waals surface area contributed by atoms with Crippen molar-refractivity contribution in [1.82, 2.24) is 14.9 Å². The maximum atomic E-state index is 13.4. The smallest absolute Gasteiger partial charge is 0.490 e. The minimum atomic E-state index is -5.86. The molecule has 0 bridgehead atoms. The summed E-state index contributed by atoms with van der Waals surface area (Å²) in [4.78, 5) is 82.5. The minimum absolute atomic E-state index is 0.